The predicted octanol–water partition coefficient (Wildman–Crippen LogP) is -0.374. The third-order valence-electron chi connectivity index (χ3n) is 3.96. The molecule has 0 aliphatic rings. The highest BCUT2D eigenvalue weighted by atomic mass is 16.6. The van der Waals surface area contributed by atoms with Gasteiger partial charge in [0.2, 0.25) is 5.95 Å². The number of nitrogens with zero attached hydrogens (tertiary/aromatic N) is 3. The van der Waals surface area contributed by atoms with Crippen LogP contribution in [0.2, 0.25) is 0 Å². The van der Waals surface area contributed by atoms with E-state index in [4.69, 9.17) is 25.7 Å². The molecule has 2 rings (SSSR count). The molecule has 2 heterocycles. The summed E-state index contributed by atoms with van der Waals surface area (Å²) in [6, 6.07) is 0. The second-order valence-electron chi connectivity index (χ2n) is 6.59. The number of carbonyl (C=O) groups excluding carboxylic acids is 2. The lowest BCUT2D eigenvalue weighted by molar-refractivity contribution is -0.223. The van der Waals surface area contributed by atoms with Crippen molar-refractivity contribution in [1.82, 2.24) is 19.5 Å². The summed E-state index contributed by atoms with van der Waals surface area (Å²) in [5.41, 5.74) is 7.70. The van der Waals surface area contributed by atoms with Crippen molar-refractivity contribution in [3.63, 3.8) is 0 Å². The smallest absolute Gasteiger partial charge is 0.358 e. The third-order valence-corrected chi connectivity index (χ3v) is 3.96. The Balaban J connectivity index is 2.36. The van der Waals surface area contributed by atoms with Gasteiger partial charge in [-0.1, -0.05) is 6.92 Å². The second kappa shape index (κ2) is 7.94. The Labute approximate surface area is 160 Å². The van der Waals surface area contributed by atoms with Crippen LogP contribution in [0.4, 0.5) is 5.95 Å². The van der Waals surface area contributed by atoms with Crippen molar-refractivity contribution in [2.24, 2.45) is 5.73 Å². The normalized spacial score (nSPS) is 13.9. The minimum atomic E-state index is -2.14. The topological polar surface area (TPSA) is 177 Å². The van der Waals surface area contributed by atoms with Gasteiger partial charge in [-0.25, -0.2) is 9.78 Å². The Morgan fingerprint density at radius 2 is 2.04 bits per heavy atom. The zero-order valence-electron chi connectivity index (χ0n) is 16.1. The maximum atomic E-state index is 12.6. The number of nitrogen functional groups attached to an aromatic ring is 1. The van der Waals surface area contributed by atoms with Crippen molar-refractivity contribution < 1.29 is 23.8 Å². The molecule has 5 N–H and O–H groups in total. The number of hydrogen-bond acceptors (Lipinski definition) is 10. The standard InChI is InChI=1S/C16H24N6O6/c1-5-6-26-13(25)16(18,15(3,4)28-9(2)23)27-8-22-7-19-10-11(22)20-14(17)21-12(10)24/h7H,5-6,8,18H2,1-4H3,(H3,17,20,21,24)/t16-/m0/s1. The number of nitrogens with one attached hydrogen (secondary N) is 1. The van der Waals surface area contributed by atoms with E-state index in [0.717, 1.165) is 0 Å². The Morgan fingerprint density at radius 3 is 2.64 bits per heavy atom. The average molecular weight is 396 g/mol. The lowest BCUT2D eigenvalue weighted by Crippen LogP contribution is -2.66. The predicted molar refractivity (Wildman–Crippen MR) is 97.7 cm³/mol. The van der Waals surface area contributed by atoms with Crippen LogP contribution >= 0.6 is 0 Å². The highest BCUT2D eigenvalue weighted by molar-refractivity contribution is 5.81. The first-order valence-corrected chi connectivity index (χ1v) is 8.52. The van der Waals surface area contributed by atoms with Gasteiger partial charge in [0.05, 0.1) is 12.9 Å². The van der Waals surface area contributed by atoms with E-state index < -0.39 is 28.8 Å². The molecule has 0 aliphatic heterocycles. The van der Waals surface area contributed by atoms with Gasteiger partial charge in [-0.2, -0.15) is 4.98 Å². The molecule has 0 aromatic carbocycles. The van der Waals surface area contributed by atoms with E-state index in [9.17, 15) is 14.4 Å². The Hall–Kier alpha value is -2.99. The molecule has 0 fully saturated rings. The molecule has 0 bridgehead atoms. The maximum absolute atomic E-state index is 12.6. The highest BCUT2D eigenvalue weighted by Gasteiger charge is 2.54. The van der Waals surface area contributed by atoms with Crippen LogP contribution in [0.3, 0.4) is 0 Å². The van der Waals surface area contributed by atoms with Gasteiger partial charge in [0, 0.05) is 6.92 Å². The molecule has 2 aromatic heterocycles. The molecule has 0 saturated carbocycles. The Bertz CT molecular complexity index is 935. The summed E-state index contributed by atoms with van der Waals surface area (Å²) in [4.78, 5) is 46.2. The van der Waals surface area contributed by atoms with Crippen molar-refractivity contribution in [1.29, 1.82) is 0 Å². The van der Waals surface area contributed by atoms with Gasteiger partial charge in [0.15, 0.2) is 16.8 Å². The summed E-state index contributed by atoms with van der Waals surface area (Å²) in [5.74, 6) is -1.67. The minimum Gasteiger partial charge on any atom is -0.462 e. The van der Waals surface area contributed by atoms with Crippen molar-refractivity contribution in [3.8, 4) is 0 Å². The largest absolute Gasteiger partial charge is 0.462 e. The van der Waals surface area contributed by atoms with Crippen molar-refractivity contribution >= 4 is 29.1 Å². The summed E-state index contributed by atoms with van der Waals surface area (Å²) < 4.78 is 17.3. The number of ether oxygens (including phenoxy) is 3. The van der Waals surface area contributed by atoms with Crippen LogP contribution in [0.5, 0.6) is 0 Å². The molecule has 28 heavy (non-hydrogen) atoms. The first-order valence-electron chi connectivity index (χ1n) is 8.52. The first-order chi connectivity index (χ1) is 13.0. The zero-order chi connectivity index (χ0) is 21.1. The number of hydrogen-bond donors (Lipinski definition) is 3. The number of aromatic nitrogens is 4. The number of nitrogens with two attached hydrogens (primary N) is 2. The van der Waals surface area contributed by atoms with Gasteiger partial charge in [-0.15, -0.1) is 0 Å². The van der Waals surface area contributed by atoms with Crippen LogP contribution in [0.15, 0.2) is 11.1 Å². The fourth-order valence-corrected chi connectivity index (χ4v) is 2.45. The van der Waals surface area contributed by atoms with Crippen molar-refractivity contribution in [2.75, 3.05) is 12.3 Å². The van der Waals surface area contributed by atoms with Gasteiger partial charge >= 0.3 is 11.9 Å². The summed E-state index contributed by atoms with van der Waals surface area (Å²) in [5, 5.41) is 0. The first kappa shape index (κ1) is 21.3. The van der Waals surface area contributed by atoms with Gasteiger partial charge in [-0.3, -0.25) is 24.9 Å². The SMILES string of the molecule is CCCOC(=O)[C@](N)(OCn1cnc2c(=O)[nH]c(N)nc21)C(C)(C)OC(C)=O. The summed E-state index contributed by atoms with van der Waals surface area (Å²) in [7, 11) is 0. The molecule has 1 atom stereocenters. The van der Waals surface area contributed by atoms with Crippen molar-refractivity contribution in [3.05, 3.63) is 16.7 Å². The van der Waals surface area contributed by atoms with Crippen LogP contribution in [0.25, 0.3) is 11.2 Å². The third kappa shape index (κ3) is 4.12. The monoisotopic (exact) mass is 396 g/mol. The zero-order valence-corrected chi connectivity index (χ0v) is 16.1. The number of H-pyrrole nitrogens is 1. The summed E-state index contributed by atoms with van der Waals surface area (Å²) in [6.45, 7) is 5.62. The Morgan fingerprint density at radius 1 is 1.36 bits per heavy atom. The number of fused-ring (bicyclic) bond motifs is 1. The lowest BCUT2D eigenvalue weighted by Gasteiger charge is -2.39. The van der Waals surface area contributed by atoms with Gasteiger partial charge < -0.3 is 19.9 Å². The molecule has 2 aromatic rings. The van der Waals surface area contributed by atoms with E-state index in [2.05, 4.69) is 15.0 Å². The lowest BCUT2D eigenvalue weighted by atomic mass is 9.94. The number of imidazole rings is 1. The van der Waals surface area contributed by atoms with Crippen molar-refractivity contribution in [2.45, 2.75) is 52.2 Å². The molecule has 0 aliphatic carbocycles. The quantitative estimate of drug-likeness (QED) is 0.394. The molecule has 154 valence electrons. The summed E-state index contributed by atoms with van der Waals surface area (Å²) >= 11 is 0. The number of rotatable bonds is 8. The van der Waals surface area contributed by atoms with E-state index in [1.165, 1.54) is 31.7 Å². The van der Waals surface area contributed by atoms with E-state index in [1.54, 1.807) is 0 Å². The molecule has 0 amide bonds. The minimum absolute atomic E-state index is 0.0354. The molecule has 0 radical (unpaired) electrons. The van der Waals surface area contributed by atoms with Crippen LogP contribution in [0, 0.1) is 0 Å². The molecule has 12 nitrogen and oxygen atoms in total. The molecule has 0 unspecified atom stereocenters. The fourth-order valence-electron chi connectivity index (χ4n) is 2.45. The van der Waals surface area contributed by atoms with Gasteiger partial charge in [0.1, 0.15) is 6.73 Å². The second-order valence-corrected chi connectivity index (χ2v) is 6.59. The maximum Gasteiger partial charge on any atom is 0.358 e. The van der Waals surface area contributed by atoms with Crippen LogP contribution in [0.1, 0.15) is 34.1 Å². The average Bonchev–Trinajstić information content (AvgIpc) is 2.99. The number of anilines is 1. The van der Waals surface area contributed by atoms with E-state index >= 15 is 0 Å². The Kier molecular flexibility index (Phi) is 6.04. The van der Waals surface area contributed by atoms with Gasteiger partial charge in [0.25, 0.3) is 11.3 Å². The molecular weight excluding hydrogens is 372 g/mol. The fraction of sp³-hybridized carbons (Fsp3) is 0.562. The van der Waals surface area contributed by atoms with Crippen LogP contribution in [-0.2, 0) is 30.5 Å². The van der Waals surface area contributed by atoms with E-state index in [-0.39, 0.29) is 30.4 Å². The molecule has 12 heteroatoms. The number of aromatic amines is 1. The van der Waals surface area contributed by atoms with E-state index in [1.807, 2.05) is 6.92 Å². The van der Waals surface area contributed by atoms with E-state index in [0.29, 0.717) is 6.42 Å². The van der Waals surface area contributed by atoms with Crippen LogP contribution < -0.4 is 17.0 Å². The van der Waals surface area contributed by atoms with Crippen LogP contribution in [-0.4, -0.2) is 49.4 Å². The van der Waals surface area contributed by atoms with Gasteiger partial charge in [-0.05, 0) is 20.3 Å². The number of esters is 2. The highest BCUT2D eigenvalue weighted by Crippen LogP contribution is 2.28. The molecule has 0 spiro atoms. The number of carbonyl (C=O) groups is 2. The summed E-state index contributed by atoms with van der Waals surface area (Å²) in [6.07, 6.45) is 1.84. The molecule has 0 saturated heterocycles. The molecular formula is C16H24N6O6.